The Morgan fingerprint density at radius 1 is 1.05 bits per heavy atom. The number of imidazole rings is 1. The largest absolute Gasteiger partial charge is 0.393 e. The fraction of sp³-hybridized carbons (Fsp3) is 0.345. The summed E-state index contributed by atoms with van der Waals surface area (Å²) in [5.74, 6) is -0.571. The second-order valence-electron chi connectivity index (χ2n) is 10.9. The molecule has 0 saturated carbocycles. The molecule has 208 valence electrons. The lowest BCUT2D eigenvalue weighted by Crippen LogP contribution is -2.56. The summed E-state index contributed by atoms with van der Waals surface area (Å²) in [6, 6.07) is 14.5. The molecule has 4 rings (SSSR count). The predicted molar refractivity (Wildman–Crippen MR) is 148 cm³/mol. The third-order valence-electron chi connectivity index (χ3n) is 7.17. The first-order chi connectivity index (χ1) is 18.0. The van der Waals surface area contributed by atoms with E-state index >= 15 is 8.78 Å². The van der Waals surface area contributed by atoms with Crippen molar-refractivity contribution in [2.45, 2.75) is 49.4 Å². The van der Waals surface area contributed by atoms with Crippen molar-refractivity contribution in [1.29, 1.82) is 0 Å². The molecule has 0 amide bonds. The minimum Gasteiger partial charge on any atom is -0.393 e. The van der Waals surface area contributed by atoms with Crippen molar-refractivity contribution in [3.8, 4) is 0 Å². The van der Waals surface area contributed by atoms with Gasteiger partial charge < -0.3 is 14.8 Å². The number of allylic oxidation sites excluding steroid dienone is 3. The fourth-order valence-electron chi connectivity index (χ4n) is 5.03. The highest BCUT2D eigenvalue weighted by molar-refractivity contribution is 7.94. The van der Waals surface area contributed by atoms with Crippen LogP contribution in [0.5, 0.6) is 0 Å². The Labute approximate surface area is 232 Å². The van der Waals surface area contributed by atoms with Gasteiger partial charge in [0.2, 0.25) is 5.13 Å². The quantitative estimate of drug-likeness (QED) is 0.378. The third-order valence-corrected chi connectivity index (χ3v) is 8.84. The van der Waals surface area contributed by atoms with Crippen LogP contribution in [0.2, 0.25) is 0 Å². The van der Waals surface area contributed by atoms with E-state index in [-0.39, 0.29) is 22.7 Å². The van der Waals surface area contributed by atoms with Gasteiger partial charge in [-0.05, 0) is 57.0 Å². The molecule has 1 aliphatic carbocycles. The van der Waals surface area contributed by atoms with Gasteiger partial charge in [0.15, 0.2) is 15.4 Å². The summed E-state index contributed by atoms with van der Waals surface area (Å²) in [6.45, 7) is 5.09. The van der Waals surface area contributed by atoms with Gasteiger partial charge >= 0.3 is 0 Å². The number of alkyl halides is 2. The van der Waals surface area contributed by atoms with Gasteiger partial charge in [-0.3, -0.25) is 0 Å². The molecule has 0 bridgehead atoms. The van der Waals surface area contributed by atoms with Gasteiger partial charge in [-0.25, -0.2) is 22.2 Å². The number of hydrogen-bond donors (Lipinski definition) is 2. The number of rotatable bonds is 7. The number of aliphatic hydroxyl groups is 2. The molecule has 10 heteroatoms. The van der Waals surface area contributed by atoms with Gasteiger partial charge in [0.05, 0.1) is 22.6 Å². The first-order valence-corrected chi connectivity index (χ1v) is 14.5. The Bertz CT molecular complexity index is 1570. The summed E-state index contributed by atoms with van der Waals surface area (Å²) in [5, 5.41) is 18.7. The van der Waals surface area contributed by atoms with Crippen molar-refractivity contribution in [2.75, 3.05) is 12.9 Å². The second kappa shape index (κ2) is 9.66. The van der Waals surface area contributed by atoms with Crippen molar-refractivity contribution in [3.63, 3.8) is 0 Å². The number of sulfone groups is 1. The lowest BCUT2D eigenvalue weighted by molar-refractivity contribution is 0.0686. The maximum atomic E-state index is 17.0. The molecule has 0 saturated heterocycles. The zero-order valence-corrected chi connectivity index (χ0v) is 23.9. The monoisotopic (exact) mass is 576 g/mol. The molecule has 0 spiro atoms. The van der Waals surface area contributed by atoms with Gasteiger partial charge in [0.25, 0.3) is 0 Å². The second-order valence-corrected chi connectivity index (χ2v) is 13.4. The third kappa shape index (κ3) is 4.86. The lowest BCUT2D eigenvalue weighted by atomic mass is 9.80. The fourth-order valence-corrected chi connectivity index (χ4v) is 6.72. The molecule has 2 N–H and O–H groups in total. The molecule has 0 fully saturated rings. The lowest BCUT2D eigenvalue weighted by Gasteiger charge is -2.45. The van der Waals surface area contributed by atoms with Crippen LogP contribution in [0, 0.1) is 5.82 Å². The van der Waals surface area contributed by atoms with E-state index in [9.17, 15) is 18.6 Å². The number of nitrogens with zero attached hydrogens (tertiary/aromatic N) is 2. The Kier molecular flexibility index (Phi) is 7.22. The molecule has 1 heterocycles. The summed E-state index contributed by atoms with van der Waals surface area (Å²) in [6.07, 6.45) is 4.51. The smallest absolute Gasteiger partial charge is 0.233 e. The summed E-state index contributed by atoms with van der Waals surface area (Å²) in [7, 11) is -4.22. The van der Waals surface area contributed by atoms with E-state index in [1.807, 2.05) is 0 Å². The number of hydrogen-bond acceptors (Lipinski definition) is 5. The maximum Gasteiger partial charge on any atom is 0.233 e. The summed E-state index contributed by atoms with van der Waals surface area (Å²) in [5.41, 5.74) is -4.34. The maximum absolute atomic E-state index is 17.0. The van der Waals surface area contributed by atoms with Crippen LogP contribution in [0.15, 0.2) is 77.9 Å². The van der Waals surface area contributed by atoms with Crippen LogP contribution >= 0.6 is 11.6 Å². The predicted octanol–water partition coefficient (Wildman–Crippen LogP) is 5.19. The Hall–Kier alpha value is -2.85. The molecule has 3 aromatic rings. The topological polar surface area (TPSA) is 92.4 Å². The molecule has 1 aliphatic rings. The van der Waals surface area contributed by atoms with E-state index in [4.69, 9.17) is 11.6 Å². The standard InChI is InChI=1S/C29H31ClF2N2O4S/c1-26(2,21-13-9-10-14-22(21)31)25-33-23(27(3,4)36)17-34(25)28(18-35)24(39(5,37)38)15-20(16-29(28,30)32)19-11-7-6-8-12-19/h6-17,35-36H,18H2,1-5H3. The normalized spacial score (nSPS) is 22.4. The molecule has 2 unspecified atom stereocenters. The van der Waals surface area contributed by atoms with Gasteiger partial charge in [-0.2, -0.15) is 0 Å². The molecular weight excluding hydrogens is 546 g/mol. The number of halogens is 3. The van der Waals surface area contributed by atoms with Crippen molar-refractivity contribution in [2.24, 2.45) is 0 Å². The van der Waals surface area contributed by atoms with Crippen molar-refractivity contribution < 1.29 is 27.4 Å². The molecule has 0 radical (unpaired) electrons. The zero-order chi connectivity index (χ0) is 29.0. The van der Waals surface area contributed by atoms with Crippen LogP contribution in [0.4, 0.5) is 8.78 Å². The highest BCUT2D eigenvalue weighted by atomic mass is 35.5. The van der Waals surface area contributed by atoms with Crippen LogP contribution < -0.4 is 0 Å². The average molecular weight is 577 g/mol. The first kappa shape index (κ1) is 29.1. The van der Waals surface area contributed by atoms with Crippen LogP contribution in [-0.4, -0.2) is 46.2 Å². The molecule has 2 aromatic carbocycles. The molecule has 39 heavy (non-hydrogen) atoms. The van der Waals surface area contributed by atoms with E-state index in [1.54, 1.807) is 50.2 Å². The number of aromatic nitrogens is 2. The van der Waals surface area contributed by atoms with Gasteiger partial charge in [-0.15, -0.1) is 0 Å². The van der Waals surface area contributed by atoms with Crippen LogP contribution in [-0.2, 0) is 26.4 Å². The highest BCUT2D eigenvalue weighted by Gasteiger charge is 2.60. The summed E-state index contributed by atoms with van der Waals surface area (Å²) in [4.78, 5) is 4.07. The van der Waals surface area contributed by atoms with E-state index in [0.29, 0.717) is 5.56 Å². The number of benzene rings is 2. The first-order valence-electron chi connectivity index (χ1n) is 12.2. The molecule has 2 atom stereocenters. The average Bonchev–Trinajstić information content (AvgIpc) is 3.31. The minimum absolute atomic E-state index is 0.00689. The Balaban J connectivity index is 2.12. The summed E-state index contributed by atoms with van der Waals surface area (Å²) < 4.78 is 59.8. The van der Waals surface area contributed by atoms with E-state index in [2.05, 4.69) is 4.98 Å². The Morgan fingerprint density at radius 2 is 1.64 bits per heavy atom. The van der Waals surface area contributed by atoms with Crippen molar-refractivity contribution in [1.82, 2.24) is 9.55 Å². The molecular formula is C29H31ClF2N2O4S. The molecule has 1 aromatic heterocycles. The van der Waals surface area contributed by atoms with Gasteiger partial charge in [0.1, 0.15) is 17.2 Å². The molecule has 0 aliphatic heterocycles. The zero-order valence-electron chi connectivity index (χ0n) is 22.3. The van der Waals surface area contributed by atoms with Crippen molar-refractivity contribution in [3.05, 3.63) is 106 Å². The Morgan fingerprint density at radius 3 is 2.18 bits per heavy atom. The minimum atomic E-state index is -4.22. The van der Waals surface area contributed by atoms with Crippen LogP contribution in [0.25, 0.3) is 5.57 Å². The van der Waals surface area contributed by atoms with Crippen LogP contribution in [0.3, 0.4) is 0 Å². The van der Waals surface area contributed by atoms with Gasteiger partial charge in [0, 0.05) is 18.0 Å². The van der Waals surface area contributed by atoms with E-state index in [1.165, 1.54) is 44.3 Å². The van der Waals surface area contributed by atoms with Crippen LogP contribution in [0.1, 0.15) is 50.3 Å². The number of aliphatic hydroxyl groups excluding tert-OH is 1. The van der Waals surface area contributed by atoms with Crippen molar-refractivity contribution >= 4 is 27.0 Å². The summed E-state index contributed by atoms with van der Waals surface area (Å²) >= 11 is 6.60. The SMILES string of the molecule is CC(C)(O)c1cn(C2(CO)C(S(C)(=O)=O)=CC(c3ccccc3)=CC2(F)Cl)c(C(C)(C)c2ccccc2F)n1. The highest BCUT2D eigenvalue weighted by Crippen LogP contribution is 2.53. The molecule has 6 nitrogen and oxygen atoms in total. The van der Waals surface area contributed by atoms with E-state index in [0.717, 1.165) is 16.9 Å². The van der Waals surface area contributed by atoms with E-state index < -0.39 is 48.8 Å². The van der Waals surface area contributed by atoms with Gasteiger partial charge in [-0.1, -0.05) is 60.1 Å².